The molecular weight excluding hydrogens is 342 g/mol. The average molecular weight is 362 g/mol. The average Bonchev–Trinajstić information content (AvgIpc) is 2.67. The fraction of sp³-hybridized carbons (Fsp3) is 0.0870. The normalized spacial score (nSPS) is 10.8. The number of hydrogen-bond acceptors (Lipinski definition) is 1. The summed E-state index contributed by atoms with van der Waals surface area (Å²) in [5.41, 5.74) is 4.07. The standard InChI is InChI=1S/C23H20ClNO/c1-18-7-14-22(15-8-18)25(17-20-5-3-2-4-6-20)23(26)16-11-19-9-12-21(24)13-10-19/h2-16H,17H2,1H3/b16-11+. The Morgan fingerprint density at radius 1 is 0.923 bits per heavy atom. The van der Waals surface area contributed by atoms with E-state index in [9.17, 15) is 4.79 Å². The molecule has 3 rings (SSSR count). The third kappa shape index (κ3) is 4.84. The molecule has 3 heteroatoms. The molecule has 0 fully saturated rings. The van der Waals surface area contributed by atoms with Gasteiger partial charge in [-0.1, -0.05) is 71.8 Å². The Morgan fingerprint density at radius 2 is 1.58 bits per heavy atom. The zero-order valence-electron chi connectivity index (χ0n) is 14.6. The van der Waals surface area contributed by atoms with Crippen LogP contribution in [0.15, 0.2) is 84.9 Å². The van der Waals surface area contributed by atoms with Gasteiger partial charge in [0.1, 0.15) is 0 Å². The number of halogens is 1. The van der Waals surface area contributed by atoms with Gasteiger partial charge in [-0.3, -0.25) is 4.79 Å². The summed E-state index contributed by atoms with van der Waals surface area (Å²) in [6, 6.07) is 25.4. The van der Waals surface area contributed by atoms with Crippen molar-refractivity contribution < 1.29 is 4.79 Å². The van der Waals surface area contributed by atoms with Crippen molar-refractivity contribution >= 4 is 29.3 Å². The minimum atomic E-state index is -0.0624. The highest BCUT2D eigenvalue weighted by molar-refractivity contribution is 6.30. The topological polar surface area (TPSA) is 20.3 Å². The van der Waals surface area contributed by atoms with Crippen LogP contribution in [0, 0.1) is 6.92 Å². The predicted molar refractivity (Wildman–Crippen MR) is 109 cm³/mol. The van der Waals surface area contributed by atoms with E-state index in [2.05, 4.69) is 0 Å². The van der Waals surface area contributed by atoms with E-state index in [4.69, 9.17) is 11.6 Å². The first-order valence-electron chi connectivity index (χ1n) is 8.47. The molecule has 3 aromatic carbocycles. The van der Waals surface area contributed by atoms with Crippen LogP contribution in [0.1, 0.15) is 16.7 Å². The molecule has 0 unspecified atom stereocenters. The summed E-state index contributed by atoms with van der Waals surface area (Å²) in [6.07, 6.45) is 3.41. The molecule has 0 aromatic heterocycles. The van der Waals surface area contributed by atoms with Crippen LogP contribution in [-0.4, -0.2) is 5.91 Å². The summed E-state index contributed by atoms with van der Waals surface area (Å²) in [7, 11) is 0. The lowest BCUT2D eigenvalue weighted by molar-refractivity contribution is -0.114. The van der Waals surface area contributed by atoms with E-state index in [1.54, 1.807) is 11.0 Å². The van der Waals surface area contributed by atoms with E-state index in [0.29, 0.717) is 11.6 Å². The number of nitrogens with zero attached hydrogens (tertiary/aromatic N) is 1. The van der Waals surface area contributed by atoms with Crippen LogP contribution in [0.25, 0.3) is 6.08 Å². The zero-order valence-corrected chi connectivity index (χ0v) is 15.4. The van der Waals surface area contributed by atoms with Gasteiger partial charge in [-0.25, -0.2) is 0 Å². The van der Waals surface area contributed by atoms with Crippen LogP contribution in [0.5, 0.6) is 0 Å². The molecule has 1 amide bonds. The largest absolute Gasteiger partial charge is 0.304 e. The first kappa shape index (κ1) is 18.0. The van der Waals surface area contributed by atoms with Crippen LogP contribution in [-0.2, 0) is 11.3 Å². The van der Waals surface area contributed by atoms with Crippen molar-refractivity contribution in [1.82, 2.24) is 0 Å². The Kier molecular flexibility index (Phi) is 5.88. The monoisotopic (exact) mass is 361 g/mol. The maximum atomic E-state index is 12.9. The number of hydrogen-bond donors (Lipinski definition) is 0. The molecule has 0 N–H and O–H groups in total. The summed E-state index contributed by atoms with van der Waals surface area (Å²) < 4.78 is 0. The molecule has 0 bridgehead atoms. The molecule has 0 aliphatic rings. The Bertz CT molecular complexity index is 884. The number of amides is 1. The quantitative estimate of drug-likeness (QED) is 0.518. The number of anilines is 1. The van der Waals surface area contributed by atoms with Gasteiger partial charge >= 0.3 is 0 Å². The molecule has 0 aliphatic heterocycles. The summed E-state index contributed by atoms with van der Waals surface area (Å²) in [6.45, 7) is 2.56. The van der Waals surface area contributed by atoms with Gasteiger partial charge in [-0.05, 0) is 48.4 Å². The molecule has 26 heavy (non-hydrogen) atoms. The molecule has 0 radical (unpaired) electrons. The molecule has 3 aromatic rings. The maximum absolute atomic E-state index is 12.9. The number of benzene rings is 3. The second kappa shape index (κ2) is 8.50. The van der Waals surface area contributed by atoms with Gasteiger partial charge in [-0.2, -0.15) is 0 Å². The van der Waals surface area contributed by atoms with Crippen molar-refractivity contribution in [2.24, 2.45) is 0 Å². The molecule has 130 valence electrons. The molecule has 2 nitrogen and oxygen atoms in total. The minimum Gasteiger partial charge on any atom is -0.304 e. The Labute approximate surface area is 159 Å². The number of aryl methyl sites for hydroxylation is 1. The summed E-state index contributed by atoms with van der Waals surface area (Å²) in [5, 5.41) is 0.679. The summed E-state index contributed by atoms with van der Waals surface area (Å²) in [5.74, 6) is -0.0624. The van der Waals surface area contributed by atoms with Crippen LogP contribution in [0.4, 0.5) is 5.69 Å². The lowest BCUT2D eigenvalue weighted by Gasteiger charge is -2.22. The third-order valence-corrected chi connectivity index (χ3v) is 4.34. The van der Waals surface area contributed by atoms with Crippen LogP contribution in [0.3, 0.4) is 0 Å². The van der Waals surface area contributed by atoms with Gasteiger partial charge in [-0.15, -0.1) is 0 Å². The lowest BCUT2D eigenvalue weighted by atomic mass is 10.1. The third-order valence-electron chi connectivity index (χ3n) is 4.08. The van der Waals surface area contributed by atoms with Crippen LogP contribution < -0.4 is 4.90 Å². The van der Waals surface area contributed by atoms with Crippen LogP contribution in [0.2, 0.25) is 5.02 Å². The predicted octanol–water partition coefficient (Wildman–Crippen LogP) is 5.90. The van der Waals surface area contributed by atoms with Crippen molar-refractivity contribution in [2.75, 3.05) is 4.90 Å². The van der Waals surface area contributed by atoms with E-state index in [0.717, 1.165) is 22.4 Å². The first-order valence-corrected chi connectivity index (χ1v) is 8.85. The molecule has 0 spiro atoms. The zero-order chi connectivity index (χ0) is 18.4. The Morgan fingerprint density at radius 3 is 2.23 bits per heavy atom. The Hall–Kier alpha value is -2.84. The highest BCUT2D eigenvalue weighted by Gasteiger charge is 2.13. The SMILES string of the molecule is Cc1ccc(N(Cc2ccccc2)C(=O)/C=C/c2ccc(Cl)cc2)cc1. The van der Waals surface area contributed by atoms with Crippen molar-refractivity contribution in [3.63, 3.8) is 0 Å². The van der Waals surface area contributed by atoms with Crippen molar-refractivity contribution in [2.45, 2.75) is 13.5 Å². The smallest absolute Gasteiger partial charge is 0.251 e. The van der Waals surface area contributed by atoms with E-state index >= 15 is 0 Å². The molecule has 0 atom stereocenters. The molecule has 0 heterocycles. The van der Waals surface area contributed by atoms with Gasteiger partial charge in [0, 0.05) is 16.8 Å². The van der Waals surface area contributed by atoms with Crippen molar-refractivity contribution in [1.29, 1.82) is 0 Å². The van der Waals surface area contributed by atoms with Gasteiger partial charge < -0.3 is 4.90 Å². The highest BCUT2D eigenvalue weighted by atomic mass is 35.5. The minimum absolute atomic E-state index is 0.0624. The highest BCUT2D eigenvalue weighted by Crippen LogP contribution is 2.19. The number of rotatable bonds is 5. The van der Waals surface area contributed by atoms with E-state index in [1.165, 1.54) is 0 Å². The molecular formula is C23H20ClNO. The molecule has 0 saturated carbocycles. The van der Waals surface area contributed by atoms with Gasteiger partial charge in [0.25, 0.3) is 5.91 Å². The molecule has 0 aliphatic carbocycles. The maximum Gasteiger partial charge on any atom is 0.251 e. The van der Waals surface area contributed by atoms with Crippen LogP contribution >= 0.6 is 11.6 Å². The summed E-state index contributed by atoms with van der Waals surface area (Å²) >= 11 is 5.91. The molecule has 0 saturated heterocycles. The van der Waals surface area contributed by atoms with Crippen molar-refractivity contribution in [3.8, 4) is 0 Å². The fourth-order valence-corrected chi connectivity index (χ4v) is 2.74. The number of carbonyl (C=O) groups is 1. The number of carbonyl (C=O) groups excluding carboxylic acids is 1. The van der Waals surface area contributed by atoms with Gasteiger partial charge in [0.05, 0.1) is 6.54 Å². The first-order chi connectivity index (χ1) is 12.6. The Balaban J connectivity index is 1.85. The lowest BCUT2D eigenvalue weighted by Crippen LogP contribution is -2.28. The van der Waals surface area contributed by atoms with E-state index in [-0.39, 0.29) is 5.91 Å². The fourth-order valence-electron chi connectivity index (χ4n) is 2.62. The van der Waals surface area contributed by atoms with E-state index in [1.807, 2.05) is 91.9 Å². The van der Waals surface area contributed by atoms with Crippen molar-refractivity contribution in [3.05, 3.63) is 107 Å². The van der Waals surface area contributed by atoms with E-state index < -0.39 is 0 Å². The second-order valence-corrected chi connectivity index (χ2v) is 6.57. The van der Waals surface area contributed by atoms with Gasteiger partial charge in [0.15, 0.2) is 0 Å². The van der Waals surface area contributed by atoms with Gasteiger partial charge in [0.2, 0.25) is 0 Å². The summed E-state index contributed by atoms with van der Waals surface area (Å²) in [4.78, 5) is 14.7. The second-order valence-electron chi connectivity index (χ2n) is 6.13.